The number of benzene rings is 1. The van der Waals surface area contributed by atoms with Gasteiger partial charge >= 0.3 is 0 Å². The average Bonchev–Trinajstić information content (AvgIpc) is 2.94. The number of rotatable bonds is 3. The fourth-order valence-corrected chi connectivity index (χ4v) is 2.53. The summed E-state index contributed by atoms with van der Waals surface area (Å²) in [6.07, 6.45) is 4.28. The minimum absolute atomic E-state index is 0.317. The second kappa shape index (κ2) is 6.10. The number of carbonyl (C=O) groups excluding carboxylic acids is 1. The summed E-state index contributed by atoms with van der Waals surface area (Å²) < 4.78 is 20.9. The molecule has 7 heteroatoms. The number of nitrogens with two attached hydrogens (primary N) is 1. The molecule has 1 aromatic carbocycles. The van der Waals surface area contributed by atoms with Crippen LogP contribution in [0.25, 0.3) is 5.69 Å². The van der Waals surface area contributed by atoms with Crippen molar-refractivity contribution in [2.75, 3.05) is 18.5 Å². The molecule has 2 aromatic rings. The highest BCUT2D eigenvalue weighted by atomic mass is 19.1. The molecule has 1 fully saturated rings. The van der Waals surface area contributed by atoms with Crippen LogP contribution in [0.15, 0.2) is 30.6 Å². The molecule has 0 radical (unpaired) electrons. The number of aromatic nitrogens is 2. The van der Waals surface area contributed by atoms with Gasteiger partial charge in [0, 0.05) is 25.1 Å². The van der Waals surface area contributed by atoms with Crippen LogP contribution in [-0.4, -0.2) is 34.4 Å². The predicted octanol–water partition coefficient (Wildman–Crippen LogP) is 1.77. The molecule has 1 amide bonds. The molecule has 0 atom stereocenters. The van der Waals surface area contributed by atoms with E-state index < -0.39 is 11.4 Å². The van der Waals surface area contributed by atoms with Gasteiger partial charge in [0.15, 0.2) is 5.82 Å². The van der Waals surface area contributed by atoms with E-state index in [1.165, 1.54) is 10.7 Å². The van der Waals surface area contributed by atoms with E-state index in [-0.39, 0.29) is 5.91 Å². The zero-order chi connectivity index (χ0) is 16.4. The third-order valence-electron chi connectivity index (χ3n) is 4.00. The van der Waals surface area contributed by atoms with Gasteiger partial charge in [-0.3, -0.25) is 4.79 Å². The first kappa shape index (κ1) is 15.6. The van der Waals surface area contributed by atoms with Crippen LogP contribution in [0.2, 0.25) is 0 Å². The topological polar surface area (TPSA) is 82.2 Å². The maximum absolute atomic E-state index is 14.3. The van der Waals surface area contributed by atoms with Crippen molar-refractivity contribution in [2.24, 2.45) is 5.73 Å². The minimum Gasteiger partial charge on any atom is -0.381 e. The normalized spacial score (nSPS) is 17.0. The molecule has 1 aliphatic heterocycles. The molecule has 1 saturated heterocycles. The molecule has 0 unspecified atom stereocenters. The van der Waals surface area contributed by atoms with Gasteiger partial charge < -0.3 is 15.8 Å². The number of hydrogen-bond acceptors (Lipinski definition) is 4. The van der Waals surface area contributed by atoms with E-state index in [4.69, 9.17) is 10.5 Å². The summed E-state index contributed by atoms with van der Waals surface area (Å²) in [5, 5.41) is 6.77. The molecule has 0 saturated carbocycles. The Balaban J connectivity index is 1.76. The fourth-order valence-electron chi connectivity index (χ4n) is 2.53. The second-order valence-corrected chi connectivity index (χ2v) is 5.85. The molecule has 3 rings (SSSR count). The lowest BCUT2D eigenvalue weighted by Gasteiger charge is -2.31. The Hall–Kier alpha value is -2.25. The number of amides is 1. The Morgan fingerprint density at radius 3 is 2.78 bits per heavy atom. The molecule has 0 spiro atoms. The summed E-state index contributed by atoms with van der Waals surface area (Å²) >= 11 is 0. The summed E-state index contributed by atoms with van der Waals surface area (Å²) in [7, 11) is 0. The van der Waals surface area contributed by atoms with E-state index in [0.717, 1.165) is 5.56 Å². The highest BCUT2D eigenvalue weighted by Gasteiger charge is 2.35. The number of ether oxygens (including phenoxy) is 1. The first-order valence-electron chi connectivity index (χ1n) is 7.47. The third-order valence-corrected chi connectivity index (χ3v) is 4.00. The molecule has 0 aliphatic carbocycles. The van der Waals surface area contributed by atoms with Gasteiger partial charge in [-0.25, -0.2) is 9.07 Å². The number of carbonyl (C=O) groups is 1. The molecular weight excluding hydrogens is 299 g/mol. The van der Waals surface area contributed by atoms with Crippen molar-refractivity contribution < 1.29 is 13.9 Å². The summed E-state index contributed by atoms with van der Waals surface area (Å²) in [6.45, 7) is 2.79. The Labute approximate surface area is 133 Å². The van der Waals surface area contributed by atoms with Crippen molar-refractivity contribution in [3.05, 3.63) is 42.0 Å². The largest absolute Gasteiger partial charge is 0.381 e. The van der Waals surface area contributed by atoms with Crippen LogP contribution in [0.3, 0.4) is 0 Å². The number of nitrogens with zero attached hydrogens (tertiary/aromatic N) is 2. The molecular formula is C16H19FN4O2. The zero-order valence-corrected chi connectivity index (χ0v) is 12.9. The second-order valence-electron chi connectivity index (χ2n) is 5.85. The summed E-state index contributed by atoms with van der Waals surface area (Å²) in [5.74, 6) is -0.785. The highest BCUT2D eigenvalue weighted by Crippen LogP contribution is 2.22. The van der Waals surface area contributed by atoms with E-state index >= 15 is 0 Å². The molecule has 1 aliphatic rings. The van der Waals surface area contributed by atoms with Crippen molar-refractivity contribution in [1.82, 2.24) is 9.78 Å². The Kier molecular flexibility index (Phi) is 4.14. The van der Waals surface area contributed by atoms with Crippen molar-refractivity contribution in [3.63, 3.8) is 0 Å². The molecule has 0 bridgehead atoms. The summed E-state index contributed by atoms with van der Waals surface area (Å²) in [5.41, 5.74) is 6.78. The van der Waals surface area contributed by atoms with Crippen LogP contribution in [0.1, 0.15) is 18.4 Å². The van der Waals surface area contributed by atoms with Crippen molar-refractivity contribution in [2.45, 2.75) is 25.3 Å². The van der Waals surface area contributed by atoms with Crippen molar-refractivity contribution in [1.29, 1.82) is 0 Å². The van der Waals surface area contributed by atoms with E-state index in [1.54, 1.807) is 24.5 Å². The number of hydrogen-bond donors (Lipinski definition) is 2. The summed E-state index contributed by atoms with van der Waals surface area (Å²) in [6, 6.07) is 4.48. The van der Waals surface area contributed by atoms with Crippen LogP contribution in [-0.2, 0) is 9.53 Å². The number of halogens is 1. The SMILES string of the molecule is Cc1cnn(-c2ccc(NC(=O)C3(N)CCOCC3)cc2F)c1. The molecule has 23 heavy (non-hydrogen) atoms. The van der Waals surface area contributed by atoms with Gasteiger partial charge in [-0.1, -0.05) is 0 Å². The molecule has 3 N–H and O–H groups in total. The lowest BCUT2D eigenvalue weighted by Crippen LogP contribution is -2.54. The smallest absolute Gasteiger partial charge is 0.244 e. The number of aryl methyl sites for hydroxylation is 1. The van der Waals surface area contributed by atoms with Crippen molar-refractivity contribution >= 4 is 11.6 Å². The third kappa shape index (κ3) is 3.25. The van der Waals surface area contributed by atoms with E-state index in [9.17, 15) is 9.18 Å². The van der Waals surface area contributed by atoms with Gasteiger partial charge in [-0.2, -0.15) is 5.10 Å². The van der Waals surface area contributed by atoms with Gasteiger partial charge in [0.25, 0.3) is 0 Å². The van der Waals surface area contributed by atoms with Gasteiger partial charge in [0.2, 0.25) is 5.91 Å². The number of anilines is 1. The van der Waals surface area contributed by atoms with E-state index in [0.29, 0.717) is 37.4 Å². The maximum Gasteiger partial charge on any atom is 0.244 e. The summed E-state index contributed by atoms with van der Waals surface area (Å²) in [4.78, 5) is 12.3. The Morgan fingerprint density at radius 1 is 1.43 bits per heavy atom. The lowest BCUT2D eigenvalue weighted by atomic mass is 9.90. The minimum atomic E-state index is -0.966. The van der Waals surface area contributed by atoms with Gasteiger partial charge in [0.1, 0.15) is 11.2 Å². The predicted molar refractivity (Wildman–Crippen MR) is 83.9 cm³/mol. The number of nitrogens with one attached hydrogen (secondary N) is 1. The van der Waals surface area contributed by atoms with Crippen LogP contribution in [0.5, 0.6) is 0 Å². The monoisotopic (exact) mass is 318 g/mol. The quantitative estimate of drug-likeness (QED) is 0.903. The van der Waals surface area contributed by atoms with Crippen LogP contribution in [0, 0.1) is 12.7 Å². The Bertz CT molecular complexity index is 723. The maximum atomic E-state index is 14.3. The highest BCUT2D eigenvalue weighted by molar-refractivity contribution is 5.98. The molecule has 122 valence electrons. The molecule has 6 nitrogen and oxygen atoms in total. The van der Waals surface area contributed by atoms with Crippen LogP contribution in [0.4, 0.5) is 10.1 Å². The first-order chi connectivity index (χ1) is 11.0. The Morgan fingerprint density at radius 2 is 2.17 bits per heavy atom. The average molecular weight is 318 g/mol. The van der Waals surface area contributed by atoms with Gasteiger partial charge in [0.05, 0.1) is 6.20 Å². The van der Waals surface area contributed by atoms with Crippen molar-refractivity contribution in [3.8, 4) is 5.69 Å². The van der Waals surface area contributed by atoms with E-state index in [1.807, 2.05) is 6.92 Å². The lowest BCUT2D eigenvalue weighted by molar-refractivity contribution is -0.124. The van der Waals surface area contributed by atoms with Crippen LogP contribution >= 0.6 is 0 Å². The van der Waals surface area contributed by atoms with Gasteiger partial charge in [-0.15, -0.1) is 0 Å². The first-order valence-corrected chi connectivity index (χ1v) is 7.47. The molecule has 2 heterocycles. The fraction of sp³-hybridized carbons (Fsp3) is 0.375. The van der Waals surface area contributed by atoms with E-state index in [2.05, 4.69) is 10.4 Å². The standard InChI is InChI=1S/C16H19FN4O2/c1-11-9-19-21(10-11)14-3-2-12(8-13(14)17)20-15(22)16(18)4-6-23-7-5-16/h2-3,8-10H,4-7,18H2,1H3,(H,20,22). The molecule has 1 aromatic heterocycles. The zero-order valence-electron chi connectivity index (χ0n) is 12.9. The van der Waals surface area contributed by atoms with Gasteiger partial charge in [-0.05, 0) is 43.5 Å². The van der Waals surface area contributed by atoms with Crippen LogP contribution < -0.4 is 11.1 Å².